The van der Waals surface area contributed by atoms with E-state index in [0.29, 0.717) is 0 Å². The number of hydrogen-bond donors (Lipinski definition) is 0. The first-order chi connectivity index (χ1) is 4.30. The molecule has 0 heterocycles. The molecule has 0 nitrogen and oxygen atoms in total. The van der Waals surface area contributed by atoms with Crippen LogP contribution in [-0.4, -0.2) is 17.4 Å². The Bertz CT molecular complexity index is 202. The van der Waals surface area contributed by atoms with Gasteiger partial charge in [-0.05, 0) is 18.1 Å². The lowest BCUT2D eigenvalue weighted by atomic mass is 10.1. The molecule has 0 saturated heterocycles. The molecule has 0 aromatic heterocycles. The molecule has 4 radical (unpaired) electrons. The molecule has 0 aliphatic rings. The van der Waals surface area contributed by atoms with Crippen molar-refractivity contribution in [3.05, 3.63) is 42.5 Å². The highest BCUT2D eigenvalue weighted by Gasteiger charge is 1.86. The minimum atomic E-state index is 0. The molecule has 1 heteroatoms. The smallest absolute Gasteiger partial charge is 0 e. The van der Waals surface area contributed by atoms with Gasteiger partial charge in [-0.2, -0.15) is 0 Å². The molecule has 0 atom stereocenters. The molecule has 12 heavy (non-hydrogen) atoms. The maximum atomic E-state index is 5.53. The molecule has 0 unspecified atom stereocenters. The zero-order valence-corrected chi connectivity index (χ0v) is 7.20. The third-order valence-electron chi connectivity index (χ3n) is 1.23. The van der Waals surface area contributed by atoms with E-state index in [9.17, 15) is 0 Å². The van der Waals surface area contributed by atoms with Crippen LogP contribution in [0.25, 0.3) is 5.57 Å². The molecule has 0 N–H and O–H groups in total. The van der Waals surface area contributed by atoms with E-state index >= 15 is 0 Å². The van der Waals surface area contributed by atoms with Crippen molar-refractivity contribution < 1.29 is 0 Å². The summed E-state index contributed by atoms with van der Waals surface area (Å²) in [6.45, 7) is 7.43. The first-order valence-electron chi connectivity index (χ1n) is 2.95. The second-order valence-corrected chi connectivity index (χ2v) is 2.05. The summed E-state index contributed by atoms with van der Waals surface area (Å²) in [7, 11) is 0. The number of benzene rings is 1. The van der Waals surface area contributed by atoms with Gasteiger partial charge in [0.25, 0.3) is 0 Å². The predicted molar refractivity (Wildman–Crippen MR) is 59.0 cm³/mol. The van der Waals surface area contributed by atoms with E-state index in [4.69, 9.17) is 6.58 Å². The molecule has 0 spiro atoms. The van der Waals surface area contributed by atoms with Gasteiger partial charge in [0.15, 0.2) is 0 Å². The Balaban J connectivity index is -0.000000270. The van der Waals surface area contributed by atoms with Gasteiger partial charge in [-0.15, -0.1) is 0 Å². The highest BCUT2D eigenvalue weighted by molar-refractivity contribution is 5.75. The first-order valence-corrected chi connectivity index (χ1v) is 2.95. The van der Waals surface area contributed by atoms with Gasteiger partial charge in [-0.3, -0.25) is 0 Å². The summed E-state index contributed by atoms with van der Waals surface area (Å²) >= 11 is 0. The van der Waals surface area contributed by atoms with Crippen LogP contribution >= 0.6 is 0 Å². The average molecular weight is 176 g/mol. The first kappa shape index (κ1) is 17.5. The van der Waals surface area contributed by atoms with E-state index in [1.54, 1.807) is 0 Å². The van der Waals surface area contributed by atoms with Crippen molar-refractivity contribution in [2.24, 2.45) is 0 Å². The van der Waals surface area contributed by atoms with Crippen LogP contribution < -0.4 is 0 Å². The molecule has 0 bridgehead atoms. The van der Waals surface area contributed by atoms with Gasteiger partial charge in [0.1, 0.15) is 0 Å². The predicted octanol–water partition coefficient (Wildman–Crippen LogP) is 3.41. The SMILES string of the molecule is C.C.[Al].[CH]=C(C)c1ccccc1. The monoisotopic (exact) mass is 176 g/mol. The molecule has 0 saturated carbocycles. The average Bonchev–Trinajstić information content (AvgIpc) is 1.90. The Morgan fingerprint density at radius 2 is 1.50 bits per heavy atom. The van der Waals surface area contributed by atoms with E-state index in [2.05, 4.69) is 0 Å². The van der Waals surface area contributed by atoms with E-state index in [1.807, 2.05) is 37.3 Å². The minimum Gasteiger partial charge on any atom is -0.0776 e. The van der Waals surface area contributed by atoms with Crippen LogP contribution in [0, 0.1) is 6.58 Å². The van der Waals surface area contributed by atoms with Crippen molar-refractivity contribution in [3.8, 4) is 0 Å². The van der Waals surface area contributed by atoms with Crippen molar-refractivity contribution >= 4 is 22.9 Å². The maximum absolute atomic E-state index is 5.53. The third kappa shape index (κ3) is 5.18. The molecule has 0 fully saturated rings. The molecule has 64 valence electrons. The summed E-state index contributed by atoms with van der Waals surface area (Å²) in [5.74, 6) is 0. The molecule has 0 aliphatic carbocycles. The van der Waals surface area contributed by atoms with Crippen LogP contribution in [0.5, 0.6) is 0 Å². The molecule has 0 amide bonds. The lowest BCUT2D eigenvalue weighted by molar-refractivity contribution is 1.58. The Morgan fingerprint density at radius 1 is 1.08 bits per heavy atom. The second-order valence-electron chi connectivity index (χ2n) is 2.05. The van der Waals surface area contributed by atoms with Crippen LogP contribution in [0.2, 0.25) is 0 Å². The fraction of sp³-hybridized carbons (Fsp3) is 0.273. The van der Waals surface area contributed by atoms with Crippen molar-refractivity contribution in [3.63, 3.8) is 0 Å². The normalized spacial score (nSPS) is 6.75. The molecule has 0 aliphatic heterocycles. The standard InChI is InChI=1S/C9H9.2CH4.Al/c1-8(2)9-6-4-3-5-7-9;;;/h1,3-7H,2H3;2*1H4;. The van der Waals surface area contributed by atoms with Crippen molar-refractivity contribution in [2.45, 2.75) is 21.8 Å². The van der Waals surface area contributed by atoms with Gasteiger partial charge in [-0.1, -0.05) is 51.8 Å². The summed E-state index contributed by atoms with van der Waals surface area (Å²) in [6, 6.07) is 9.93. The fourth-order valence-corrected chi connectivity index (χ4v) is 0.701. The molecule has 1 aromatic carbocycles. The fourth-order valence-electron chi connectivity index (χ4n) is 0.701. The van der Waals surface area contributed by atoms with E-state index in [0.717, 1.165) is 11.1 Å². The van der Waals surface area contributed by atoms with E-state index in [-0.39, 0.29) is 32.2 Å². The topological polar surface area (TPSA) is 0 Å². The Kier molecular flexibility index (Phi) is 12.6. The van der Waals surface area contributed by atoms with Gasteiger partial charge in [0.2, 0.25) is 0 Å². The highest BCUT2D eigenvalue weighted by atomic mass is 27.0. The highest BCUT2D eigenvalue weighted by Crippen LogP contribution is 2.08. The Labute approximate surface area is 87.5 Å². The molecule has 1 rings (SSSR count). The van der Waals surface area contributed by atoms with Gasteiger partial charge in [0.05, 0.1) is 0 Å². The van der Waals surface area contributed by atoms with Gasteiger partial charge in [0, 0.05) is 17.4 Å². The summed E-state index contributed by atoms with van der Waals surface area (Å²) in [5.41, 5.74) is 1.98. The largest absolute Gasteiger partial charge is 0.0776 e. The van der Waals surface area contributed by atoms with Crippen LogP contribution in [0.15, 0.2) is 30.3 Å². The zero-order chi connectivity index (χ0) is 6.69. The van der Waals surface area contributed by atoms with Crippen LogP contribution in [0.1, 0.15) is 27.3 Å². The number of rotatable bonds is 1. The Hall–Kier alpha value is -0.508. The molecular weight excluding hydrogens is 159 g/mol. The lowest BCUT2D eigenvalue weighted by Gasteiger charge is -1.94. The second kappa shape index (κ2) is 8.59. The quantitative estimate of drug-likeness (QED) is 0.575. The lowest BCUT2D eigenvalue weighted by Crippen LogP contribution is -1.72. The van der Waals surface area contributed by atoms with Crippen molar-refractivity contribution in [1.82, 2.24) is 0 Å². The minimum absolute atomic E-state index is 0. The third-order valence-corrected chi connectivity index (χ3v) is 1.23. The van der Waals surface area contributed by atoms with Crippen LogP contribution in [-0.2, 0) is 0 Å². The Morgan fingerprint density at radius 3 is 1.75 bits per heavy atom. The molecular formula is C11H17Al. The summed E-state index contributed by atoms with van der Waals surface area (Å²) in [6.07, 6.45) is 0. The van der Waals surface area contributed by atoms with Crippen molar-refractivity contribution in [2.75, 3.05) is 0 Å². The molecule has 1 aromatic rings. The summed E-state index contributed by atoms with van der Waals surface area (Å²) < 4.78 is 0. The summed E-state index contributed by atoms with van der Waals surface area (Å²) in [4.78, 5) is 0. The maximum Gasteiger partial charge on any atom is 0 e. The number of allylic oxidation sites excluding steroid dienone is 1. The summed E-state index contributed by atoms with van der Waals surface area (Å²) in [5, 5.41) is 0. The number of hydrogen-bond acceptors (Lipinski definition) is 0. The van der Waals surface area contributed by atoms with Gasteiger partial charge < -0.3 is 0 Å². The van der Waals surface area contributed by atoms with Crippen LogP contribution in [0.3, 0.4) is 0 Å². The van der Waals surface area contributed by atoms with Crippen LogP contribution in [0.4, 0.5) is 0 Å². The van der Waals surface area contributed by atoms with Crippen molar-refractivity contribution in [1.29, 1.82) is 0 Å². The van der Waals surface area contributed by atoms with Gasteiger partial charge in [-0.25, -0.2) is 0 Å². The van der Waals surface area contributed by atoms with E-state index in [1.165, 1.54) is 0 Å². The van der Waals surface area contributed by atoms with E-state index < -0.39 is 0 Å². The zero-order valence-electron chi connectivity index (χ0n) is 6.04. The van der Waals surface area contributed by atoms with Gasteiger partial charge >= 0.3 is 0 Å².